The highest BCUT2D eigenvalue weighted by molar-refractivity contribution is 5.97. The zero-order valence-electron chi connectivity index (χ0n) is 16.8. The predicted octanol–water partition coefficient (Wildman–Crippen LogP) is 4.59. The van der Waals surface area contributed by atoms with Gasteiger partial charge in [-0.2, -0.15) is 5.26 Å². The second-order valence-corrected chi connectivity index (χ2v) is 8.33. The molecule has 2 aliphatic rings. The van der Waals surface area contributed by atoms with Crippen LogP contribution >= 0.6 is 0 Å². The molecule has 1 aromatic heterocycles. The third-order valence-corrected chi connectivity index (χ3v) is 6.17. The van der Waals surface area contributed by atoms with Crippen molar-refractivity contribution >= 4 is 22.4 Å². The SMILES string of the molecule is N#Cc1cccc(-c2cc(NC3CCN(C(=O)C4CC4)CC3)c3cnccc3c2)c1. The van der Waals surface area contributed by atoms with Crippen LogP contribution in [0.5, 0.6) is 0 Å². The Morgan fingerprint density at radius 2 is 1.90 bits per heavy atom. The van der Waals surface area contributed by atoms with Crippen LogP contribution < -0.4 is 5.32 Å². The fourth-order valence-electron chi connectivity index (χ4n) is 4.31. The molecule has 1 aliphatic heterocycles. The molecule has 5 rings (SSSR count). The molecule has 2 fully saturated rings. The van der Waals surface area contributed by atoms with Crippen LogP contribution in [0.3, 0.4) is 0 Å². The van der Waals surface area contributed by atoms with E-state index in [1.165, 1.54) is 0 Å². The summed E-state index contributed by atoms with van der Waals surface area (Å²) in [4.78, 5) is 18.7. The van der Waals surface area contributed by atoms with E-state index in [2.05, 4.69) is 28.5 Å². The zero-order chi connectivity index (χ0) is 20.5. The minimum Gasteiger partial charge on any atom is -0.382 e. The number of piperidine rings is 1. The summed E-state index contributed by atoms with van der Waals surface area (Å²) in [7, 11) is 0. The lowest BCUT2D eigenvalue weighted by Crippen LogP contribution is -2.43. The normalized spacial score (nSPS) is 17.0. The number of carbonyl (C=O) groups excluding carboxylic acids is 1. The summed E-state index contributed by atoms with van der Waals surface area (Å²) < 4.78 is 0. The van der Waals surface area contributed by atoms with Gasteiger partial charge < -0.3 is 10.2 Å². The average molecular weight is 396 g/mol. The highest BCUT2D eigenvalue weighted by atomic mass is 16.2. The predicted molar refractivity (Wildman–Crippen MR) is 118 cm³/mol. The van der Waals surface area contributed by atoms with Crippen molar-refractivity contribution in [2.75, 3.05) is 18.4 Å². The number of amides is 1. The van der Waals surface area contributed by atoms with Gasteiger partial charge in [0.2, 0.25) is 5.91 Å². The molecule has 30 heavy (non-hydrogen) atoms. The average Bonchev–Trinajstić information content (AvgIpc) is 3.65. The van der Waals surface area contributed by atoms with Crippen molar-refractivity contribution in [3.63, 3.8) is 0 Å². The summed E-state index contributed by atoms with van der Waals surface area (Å²) in [6.45, 7) is 1.65. The van der Waals surface area contributed by atoms with Crippen molar-refractivity contribution in [3.8, 4) is 17.2 Å². The van der Waals surface area contributed by atoms with Gasteiger partial charge in [0.1, 0.15) is 0 Å². The molecule has 0 atom stereocenters. The third-order valence-electron chi connectivity index (χ3n) is 6.17. The molecule has 0 bridgehead atoms. The number of fused-ring (bicyclic) bond motifs is 1. The lowest BCUT2D eigenvalue weighted by atomic mass is 9.98. The Hall–Kier alpha value is -3.39. The second-order valence-electron chi connectivity index (χ2n) is 8.33. The highest BCUT2D eigenvalue weighted by Crippen LogP contribution is 2.34. The molecule has 5 nitrogen and oxygen atoms in total. The maximum Gasteiger partial charge on any atom is 0.225 e. The monoisotopic (exact) mass is 396 g/mol. The Morgan fingerprint density at radius 3 is 2.67 bits per heavy atom. The number of hydrogen-bond acceptors (Lipinski definition) is 4. The topological polar surface area (TPSA) is 69.0 Å². The molecule has 1 amide bonds. The Balaban J connectivity index is 1.41. The van der Waals surface area contributed by atoms with Gasteiger partial charge in [-0.25, -0.2) is 0 Å². The van der Waals surface area contributed by atoms with E-state index >= 15 is 0 Å². The molecule has 5 heteroatoms. The molecule has 1 saturated heterocycles. The van der Waals surface area contributed by atoms with Crippen molar-refractivity contribution in [1.82, 2.24) is 9.88 Å². The number of anilines is 1. The Morgan fingerprint density at radius 1 is 1.07 bits per heavy atom. The van der Waals surface area contributed by atoms with Gasteiger partial charge in [0.25, 0.3) is 0 Å². The van der Waals surface area contributed by atoms with E-state index in [9.17, 15) is 10.1 Å². The number of pyridine rings is 1. The van der Waals surface area contributed by atoms with Crippen LogP contribution in [0, 0.1) is 17.2 Å². The third kappa shape index (κ3) is 3.73. The van der Waals surface area contributed by atoms with Gasteiger partial charge in [0, 0.05) is 48.5 Å². The Kier molecular flexibility index (Phi) is 4.84. The number of nitriles is 1. The minimum atomic E-state index is 0.297. The number of hydrogen-bond donors (Lipinski definition) is 1. The number of rotatable bonds is 4. The molecule has 1 aliphatic carbocycles. The fraction of sp³-hybridized carbons (Fsp3) is 0.320. The van der Waals surface area contributed by atoms with Crippen LogP contribution in [0.25, 0.3) is 21.9 Å². The van der Waals surface area contributed by atoms with Gasteiger partial charge in [0.15, 0.2) is 0 Å². The first kappa shape index (κ1) is 18.6. The van der Waals surface area contributed by atoms with Crippen molar-refractivity contribution in [3.05, 3.63) is 60.4 Å². The molecular formula is C25H24N4O. The van der Waals surface area contributed by atoms with Crippen molar-refractivity contribution in [2.24, 2.45) is 5.92 Å². The van der Waals surface area contributed by atoms with E-state index in [4.69, 9.17) is 0 Å². The van der Waals surface area contributed by atoms with Gasteiger partial charge >= 0.3 is 0 Å². The Labute approximate surface area is 176 Å². The van der Waals surface area contributed by atoms with Gasteiger partial charge in [-0.05, 0) is 72.5 Å². The number of carbonyl (C=O) groups is 1. The molecular weight excluding hydrogens is 372 g/mol. The maximum atomic E-state index is 12.3. The smallest absolute Gasteiger partial charge is 0.225 e. The number of benzene rings is 2. The molecule has 0 spiro atoms. The maximum absolute atomic E-state index is 12.3. The summed E-state index contributed by atoms with van der Waals surface area (Å²) in [5.41, 5.74) is 3.82. The summed E-state index contributed by atoms with van der Waals surface area (Å²) in [5.74, 6) is 0.646. The lowest BCUT2D eigenvalue weighted by Gasteiger charge is -2.33. The highest BCUT2D eigenvalue weighted by Gasteiger charge is 2.34. The van der Waals surface area contributed by atoms with Crippen molar-refractivity contribution < 1.29 is 4.79 Å². The molecule has 1 N–H and O–H groups in total. The van der Waals surface area contributed by atoms with Crippen LogP contribution in [0.15, 0.2) is 54.9 Å². The van der Waals surface area contributed by atoms with E-state index in [0.717, 1.165) is 66.4 Å². The molecule has 3 aromatic rings. The van der Waals surface area contributed by atoms with Gasteiger partial charge in [-0.1, -0.05) is 12.1 Å². The van der Waals surface area contributed by atoms with Crippen LogP contribution in [-0.4, -0.2) is 34.9 Å². The number of nitrogens with one attached hydrogen (secondary N) is 1. The second kappa shape index (κ2) is 7.79. The lowest BCUT2D eigenvalue weighted by molar-refractivity contribution is -0.133. The minimum absolute atomic E-state index is 0.297. The molecule has 1 saturated carbocycles. The van der Waals surface area contributed by atoms with Gasteiger partial charge in [0.05, 0.1) is 11.6 Å². The van der Waals surface area contributed by atoms with Crippen LogP contribution in [-0.2, 0) is 4.79 Å². The fourth-order valence-corrected chi connectivity index (χ4v) is 4.31. The van der Waals surface area contributed by atoms with E-state index in [0.29, 0.717) is 23.4 Å². The largest absolute Gasteiger partial charge is 0.382 e. The summed E-state index contributed by atoms with van der Waals surface area (Å²) in [6.07, 6.45) is 7.75. The van der Waals surface area contributed by atoms with Crippen LogP contribution in [0.2, 0.25) is 0 Å². The molecule has 2 heterocycles. The van der Waals surface area contributed by atoms with E-state index in [1.807, 2.05) is 47.6 Å². The molecule has 150 valence electrons. The number of nitrogens with zero attached hydrogens (tertiary/aromatic N) is 3. The van der Waals surface area contributed by atoms with Crippen molar-refractivity contribution in [1.29, 1.82) is 5.26 Å². The van der Waals surface area contributed by atoms with E-state index < -0.39 is 0 Å². The Bertz CT molecular complexity index is 1140. The quantitative estimate of drug-likeness (QED) is 0.700. The van der Waals surface area contributed by atoms with Crippen LogP contribution in [0.1, 0.15) is 31.2 Å². The first-order valence-electron chi connectivity index (χ1n) is 10.6. The van der Waals surface area contributed by atoms with E-state index in [1.54, 1.807) is 0 Å². The molecule has 2 aromatic carbocycles. The zero-order valence-corrected chi connectivity index (χ0v) is 16.8. The van der Waals surface area contributed by atoms with E-state index in [-0.39, 0.29) is 0 Å². The van der Waals surface area contributed by atoms with Gasteiger partial charge in [-0.15, -0.1) is 0 Å². The van der Waals surface area contributed by atoms with Crippen LogP contribution in [0.4, 0.5) is 5.69 Å². The first-order chi connectivity index (χ1) is 14.7. The standard InChI is InChI=1S/C25H24N4O/c26-15-17-2-1-3-19(12-17)21-13-20-6-9-27-16-23(20)24(14-21)28-22-7-10-29(11-8-22)25(30)18-4-5-18/h1-3,6,9,12-14,16,18,22,28H,4-5,7-8,10-11H2. The van der Waals surface area contributed by atoms with Gasteiger partial charge in [-0.3, -0.25) is 9.78 Å². The summed E-state index contributed by atoms with van der Waals surface area (Å²) in [5, 5.41) is 15.2. The number of aromatic nitrogens is 1. The summed E-state index contributed by atoms with van der Waals surface area (Å²) in [6, 6.07) is 16.6. The number of likely N-dealkylation sites (tertiary alicyclic amines) is 1. The molecule has 0 unspecified atom stereocenters. The first-order valence-corrected chi connectivity index (χ1v) is 10.6. The van der Waals surface area contributed by atoms with Crippen molar-refractivity contribution in [2.45, 2.75) is 31.7 Å². The summed E-state index contributed by atoms with van der Waals surface area (Å²) >= 11 is 0. The molecule has 0 radical (unpaired) electrons.